The fourth-order valence-corrected chi connectivity index (χ4v) is 4.28. The lowest BCUT2D eigenvalue weighted by Crippen LogP contribution is -2.38. The number of amides is 1. The van der Waals surface area contributed by atoms with Crippen LogP contribution < -0.4 is 4.90 Å². The van der Waals surface area contributed by atoms with E-state index in [0.29, 0.717) is 19.1 Å². The molecular formula is C23H28N2O3. The number of aliphatic hydroxyl groups excluding tert-OH is 1. The summed E-state index contributed by atoms with van der Waals surface area (Å²) in [5.41, 5.74) is 4.00. The zero-order valence-corrected chi connectivity index (χ0v) is 16.2. The van der Waals surface area contributed by atoms with Crippen molar-refractivity contribution in [1.29, 1.82) is 0 Å². The topological polar surface area (TPSA) is 53.0 Å². The first-order chi connectivity index (χ1) is 13.7. The largest absolute Gasteiger partial charge is 0.392 e. The van der Waals surface area contributed by atoms with E-state index >= 15 is 0 Å². The smallest absolute Gasteiger partial charge is 0.255 e. The summed E-state index contributed by atoms with van der Waals surface area (Å²) < 4.78 is 5.46. The number of carbonyl (C=O) groups is 1. The number of para-hydroxylation sites is 1. The molecule has 0 saturated carbocycles. The van der Waals surface area contributed by atoms with Gasteiger partial charge in [0.2, 0.25) is 0 Å². The van der Waals surface area contributed by atoms with E-state index in [1.165, 1.54) is 5.56 Å². The molecule has 1 amide bonds. The molecule has 0 spiro atoms. The maximum Gasteiger partial charge on any atom is 0.255 e. The lowest BCUT2D eigenvalue weighted by molar-refractivity contribution is 0.0786. The van der Waals surface area contributed by atoms with Gasteiger partial charge in [0.1, 0.15) is 0 Å². The van der Waals surface area contributed by atoms with Crippen LogP contribution in [0.3, 0.4) is 0 Å². The molecule has 2 aromatic carbocycles. The summed E-state index contributed by atoms with van der Waals surface area (Å²) in [6.07, 6.45) is 1.97. The van der Waals surface area contributed by atoms with E-state index in [1.807, 2.05) is 41.3 Å². The third kappa shape index (κ3) is 4.21. The number of morpholine rings is 1. The molecule has 0 aromatic heterocycles. The van der Waals surface area contributed by atoms with Crippen molar-refractivity contribution in [3.8, 4) is 0 Å². The normalized spacial score (nSPS) is 19.8. The summed E-state index contributed by atoms with van der Waals surface area (Å²) in [6.45, 7) is 4.74. The van der Waals surface area contributed by atoms with E-state index in [4.69, 9.17) is 4.74 Å². The fraction of sp³-hybridized carbons (Fsp3) is 0.435. The van der Waals surface area contributed by atoms with Gasteiger partial charge in [0.05, 0.1) is 25.4 Å². The average Bonchev–Trinajstić information content (AvgIpc) is 3.22. The maximum atomic E-state index is 13.2. The Morgan fingerprint density at radius 3 is 2.64 bits per heavy atom. The molecule has 5 heteroatoms. The number of hydrogen-bond donors (Lipinski definition) is 1. The maximum absolute atomic E-state index is 13.2. The van der Waals surface area contributed by atoms with E-state index in [0.717, 1.165) is 55.8 Å². The van der Waals surface area contributed by atoms with Gasteiger partial charge in [0, 0.05) is 31.9 Å². The average molecular weight is 380 g/mol. The molecule has 2 saturated heterocycles. The number of aliphatic hydroxyl groups is 1. The van der Waals surface area contributed by atoms with Gasteiger partial charge in [-0.15, -0.1) is 0 Å². The minimum atomic E-state index is 0.0709. The van der Waals surface area contributed by atoms with E-state index in [2.05, 4.69) is 17.0 Å². The Kier molecular flexibility index (Phi) is 5.93. The molecule has 0 bridgehead atoms. The quantitative estimate of drug-likeness (QED) is 0.867. The minimum absolute atomic E-state index is 0.0709. The second-order valence-corrected chi connectivity index (χ2v) is 7.70. The molecule has 2 heterocycles. The molecule has 1 atom stereocenters. The SMILES string of the molecule is O=C(c1ccccc1N1CCOCC1)N1CC[C@H](Cc2cccc(CO)c2)C1. The first-order valence-corrected chi connectivity index (χ1v) is 10.1. The Morgan fingerprint density at radius 1 is 1.04 bits per heavy atom. The summed E-state index contributed by atoms with van der Waals surface area (Å²) >= 11 is 0. The predicted molar refractivity (Wildman–Crippen MR) is 110 cm³/mol. The van der Waals surface area contributed by atoms with Crippen molar-refractivity contribution in [2.24, 2.45) is 5.92 Å². The number of rotatable bonds is 5. The van der Waals surface area contributed by atoms with E-state index < -0.39 is 0 Å². The standard InChI is InChI=1S/C23H28N2O3/c26-17-20-5-3-4-18(15-20)14-19-8-9-25(16-19)23(27)21-6-1-2-7-22(21)24-10-12-28-13-11-24/h1-7,15,19,26H,8-14,16-17H2/t19-/m1/s1. The van der Waals surface area contributed by atoms with Gasteiger partial charge >= 0.3 is 0 Å². The number of nitrogens with zero attached hydrogens (tertiary/aromatic N) is 2. The van der Waals surface area contributed by atoms with Crippen molar-refractivity contribution < 1.29 is 14.6 Å². The van der Waals surface area contributed by atoms with Gasteiger partial charge in [-0.3, -0.25) is 4.79 Å². The highest BCUT2D eigenvalue weighted by Crippen LogP contribution is 2.27. The molecule has 0 radical (unpaired) electrons. The number of benzene rings is 2. The third-order valence-electron chi connectivity index (χ3n) is 5.76. The number of ether oxygens (including phenoxy) is 1. The molecule has 0 unspecified atom stereocenters. The number of carbonyl (C=O) groups excluding carboxylic acids is 1. The van der Waals surface area contributed by atoms with Gasteiger partial charge < -0.3 is 19.6 Å². The van der Waals surface area contributed by atoms with Crippen molar-refractivity contribution in [2.75, 3.05) is 44.3 Å². The second-order valence-electron chi connectivity index (χ2n) is 7.70. The molecule has 2 fully saturated rings. The zero-order chi connectivity index (χ0) is 19.3. The van der Waals surface area contributed by atoms with Gasteiger partial charge in [-0.05, 0) is 42.0 Å². The van der Waals surface area contributed by atoms with E-state index in [1.54, 1.807) is 0 Å². The highest BCUT2D eigenvalue weighted by Gasteiger charge is 2.29. The lowest BCUT2D eigenvalue weighted by atomic mass is 9.97. The number of likely N-dealkylation sites (tertiary alicyclic amines) is 1. The summed E-state index contributed by atoms with van der Waals surface area (Å²) in [7, 11) is 0. The number of hydrogen-bond acceptors (Lipinski definition) is 4. The van der Waals surface area contributed by atoms with Gasteiger partial charge in [0.15, 0.2) is 0 Å². The monoisotopic (exact) mass is 380 g/mol. The first kappa shape index (κ1) is 19.0. The van der Waals surface area contributed by atoms with Crippen LogP contribution in [0.2, 0.25) is 0 Å². The van der Waals surface area contributed by atoms with Gasteiger partial charge in [0.25, 0.3) is 5.91 Å². The van der Waals surface area contributed by atoms with Crippen molar-refractivity contribution in [1.82, 2.24) is 4.90 Å². The summed E-state index contributed by atoms with van der Waals surface area (Å²) in [4.78, 5) is 17.5. The fourth-order valence-electron chi connectivity index (χ4n) is 4.28. The summed E-state index contributed by atoms with van der Waals surface area (Å²) in [5.74, 6) is 0.599. The molecule has 2 aromatic rings. The molecule has 4 rings (SSSR count). The molecule has 0 aliphatic carbocycles. The van der Waals surface area contributed by atoms with Gasteiger partial charge in [-0.25, -0.2) is 0 Å². The van der Waals surface area contributed by atoms with E-state index in [9.17, 15) is 9.90 Å². The molecule has 148 valence electrons. The van der Waals surface area contributed by atoms with Gasteiger partial charge in [-0.2, -0.15) is 0 Å². The molecule has 28 heavy (non-hydrogen) atoms. The zero-order valence-electron chi connectivity index (χ0n) is 16.2. The van der Waals surface area contributed by atoms with Crippen LogP contribution in [0, 0.1) is 5.92 Å². The highest BCUT2D eigenvalue weighted by atomic mass is 16.5. The molecule has 1 N–H and O–H groups in total. The number of anilines is 1. The Labute approximate surface area is 166 Å². The van der Waals surface area contributed by atoms with Crippen LogP contribution in [0.4, 0.5) is 5.69 Å². The Morgan fingerprint density at radius 2 is 1.82 bits per heavy atom. The van der Waals surface area contributed by atoms with Crippen molar-refractivity contribution >= 4 is 11.6 Å². The van der Waals surface area contributed by atoms with Crippen LogP contribution in [0.5, 0.6) is 0 Å². The van der Waals surface area contributed by atoms with Gasteiger partial charge in [-0.1, -0.05) is 36.4 Å². The van der Waals surface area contributed by atoms with Crippen LogP contribution in [0.1, 0.15) is 27.9 Å². The second kappa shape index (κ2) is 8.76. The molecular weight excluding hydrogens is 352 g/mol. The van der Waals surface area contributed by atoms with Crippen molar-refractivity contribution in [2.45, 2.75) is 19.4 Å². The van der Waals surface area contributed by atoms with Crippen molar-refractivity contribution in [3.63, 3.8) is 0 Å². The summed E-state index contributed by atoms with van der Waals surface area (Å²) in [6, 6.07) is 16.1. The predicted octanol–water partition coefficient (Wildman–Crippen LogP) is 2.72. The van der Waals surface area contributed by atoms with Crippen LogP contribution in [-0.4, -0.2) is 55.3 Å². The van der Waals surface area contributed by atoms with Crippen LogP contribution in [0.25, 0.3) is 0 Å². The van der Waals surface area contributed by atoms with Crippen molar-refractivity contribution in [3.05, 3.63) is 65.2 Å². The van der Waals surface area contributed by atoms with E-state index in [-0.39, 0.29) is 12.5 Å². The third-order valence-corrected chi connectivity index (χ3v) is 5.76. The molecule has 2 aliphatic rings. The Balaban J connectivity index is 1.43. The summed E-state index contributed by atoms with van der Waals surface area (Å²) in [5, 5.41) is 9.33. The van der Waals surface area contributed by atoms with Crippen LogP contribution in [-0.2, 0) is 17.8 Å². The first-order valence-electron chi connectivity index (χ1n) is 10.1. The minimum Gasteiger partial charge on any atom is -0.392 e. The lowest BCUT2D eigenvalue weighted by Gasteiger charge is -2.31. The highest BCUT2D eigenvalue weighted by molar-refractivity contribution is 6.00. The molecule has 5 nitrogen and oxygen atoms in total. The van der Waals surface area contributed by atoms with Crippen LogP contribution in [0.15, 0.2) is 48.5 Å². The Bertz CT molecular complexity index is 817. The van der Waals surface area contributed by atoms with Crippen LogP contribution >= 0.6 is 0 Å². The molecule has 2 aliphatic heterocycles. The Hall–Kier alpha value is -2.37.